The summed E-state index contributed by atoms with van der Waals surface area (Å²) in [6.07, 6.45) is 0. The molecule has 0 saturated heterocycles. The molecule has 3 nitrogen and oxygen atoms in total. The monoisotopic (exact) mass is 359 g/mol. The van der Waals surface area contributed by atoms with Gasteiger partial charge in [0.2, 0.25) is 0 Å². The van der Waals surface area contributed by atoms with Crippen LogP contribution in [0.3, 0.4) is 0 Å². The molecule has 22 heavy (non-hydrogen) atoms. The first-order valence-corrected chi connectivity index (χ1v) is 7.86. The van der Waals surface area contributed by atoms with Gasteiger partial charge in [-0.25, -0.2) is 0 Å². The summed E-state index contributed by atoms with van der Waals surface area (Å²) < 4.78 is 11.3. The van der Waals surface area contributed by atoms with Gasteiger partial charge in [0, 0.05) is 29.8 Å². The summed E-state index contributed by atoms with van der Waals surface area (Å²) in [6.45, 7) is 3.03. The van der Waals surface area contributed by atoms with Crippen LogP contribution < -0.4 is 9.64 Å². The van der Waals surface area contributed by atoms with Gasteiger partial charge in [0.15, 0.2) is 5.75 Å². The van der Waals surface area contributed by atoms with Crippen molar-refractivity contribution in [3.8, 4) is 11.5 Å². The predicted molar refractivity (Wildman–Crippen MR) is 92.9 cm³/mol. The minimum absolute atomic E-state index is 0.436. The van der Waals surface area contributed by atoms with Crippen LogP contribution >= 0.6 is 34.8 Å². The molecule has 0 aromatic heterocycles. The smallest absolute Gasteiger partial charge is 0.152 e. The molecule has 2 rings (SSSR count). The number of halogens is 3. The molecule has 0 radical (unpaired) electrons. The van der Waals surface area contributed by atoms with Crippen LogP contribution in [0.1, 0.15) is 6.92 Å². The maximum absolute atomic E-state index is 6.15. The van der Waals surface area contributed by atoms with Gasteiger partial charge in [-0.05, 0) is 37.3 Å². The Hall–Kier alpha value is -1.13. The first-order chi connectivity index (χ1) is 10.5. The first-order valence-electron chi connectivity index (χ1n) is 6.72. The van der Waals surface area contributed by atoms with Gasteiger partial charge >= 0.3 is 0 Å². The summed E-state index contributed by atoms with van der Waals surface area (Å²) in [7, 11) is 1.91. The summed E-state index contributed by atoms with van der Waals surface area (Å²) in [4.78, 5) is 1.93. The van der Waals surface area contributed by atoms with Crippen LogP contribution in [0.2, 0.25) is 15.1 Å². The van der Waals surface area contributed by atoms with Crippen molar-refractivity contribution in [3.63, 3.8) is 0 Å². The van der Waals surface area contributed by atoms with E-state index in [9.17, 15) is 0 Å². The van der Waals surface area contributed by atoms with Crippen LogP contribution in [-0.2, 0) is 4.74 Å². The largest absolute Gasteiger partial charge is 0.454 e. The van der Waals surface area contributed by atoms with Crippen molar-refractivity contribution in [1.82, 2.24) is 0 Å². The number of hydrogen-bond donors (Lipinski definition) is 0. The lowest BCUT2D eigenvalue weighted by atomic mass is 10.2. The molecule has 0 aliphatic carbocycles. The van der Waals surface area contributed by atoms with Gasteiger partial charge in [-0.3, -0.25) is 0 Å². The molecule has 0 aliphatic heterocycles. The predicted octanol–water partition coefficient (Wildman–Crippen LogP) is 5.87. The molecule has 0 aliphatic rings. The second-order valence-corrected chi connectivity index (χ2v) is 5.89. The minimum atomic E-state index is 0.436. The van der Waals surface area contributed by atoms with Crippen molar-refractivity contribution in [1.29, 1.82) is 0 Å². The molecule has 0 saturated carbocycles. The molecule has 118 valence electrons. The number of benzene rings is 2. The molecule has 0 unspecified atom stereocenters. The SMILES string of the molecule is CCOCN(C)c1ccc(Cl)cc1Oc1ccc(Cl)cc1Cl. The average molecular weight is 361 g/mol. The van der Waals surface area contributed by atoms with Crippen molar-refractivity contribution in [3.05, 3.63) is 51.5 Å². The zero-order valence-corrected chi connectivity index (χ0v) is 14.5. The van der Waals surface area contributed by atoms with E-state index >= 15 is 0 Å². The molecule has 0 bridgehead atoms. The first kappa shape index (κ1) is 17.2. The summed E-state index contributed by atoms with van der Waals surface area (Å²) in [5.41, 5.74) is 0.851. The van der Waals surface area contributed by atoms with Gasteiger partial charge in [0.1, 0.15) is 12.5 Å². The van der Waals surface area contributed by atoms with E-state index in [1.54, 1.807) is 30.3 Å². The third kappa shape index (κ3) is 4.43. The van der Waals surface area contributed by atoms with Crippen LogP contribution in [0.25, 0.3) is 0 Å². The van der Waals surface area contributed by atoms with Crippen molar-refractivity contribution >= 4 is 40.5 Å². The van der Waals surface area contributed by atoms with Gasteiger partial charge in [0.05, 0.1) is 10.7 Å². The van der Waals surface area contributed by atoms with Gasteiger partial charge in [-0.2, -0.15) is 0 Å². The van der Waals surface area contributed by atoms with E-state index in [4.69, 9.17) is 44.3 Å². The Morgan fingerprint density at radius 3 is 2.32 bits per heavy atom. The van der Waals surface area contributed by atoms with Gasteiger partial charge in [-0.1, -0.05) is 34.8 Å². The molecule has 0 amide bonds. The standard InChI is InChI=1S/C16H16Cl3NO2/c1-3-21-10-20(2)14-6-4-12(18)9-16(14)22-15-7-5-11(17)8-13(15)19/h4-9H,3,10H2,1-2H3. The van der Waals surface area contributed by atoms with E-state index in [1.165, 1.54) is 0 Å². The van der Waals surface area contributed by atoms with Gasteiger partial charge in [-0.15, -0.1) is 0 Å². The fourth-order valence-electron chi connectivity index (χ4n) is 1.86. The Kier molecular flexibility index (Phi) is 6.21. The number of ether oxygens (including phenoxy) is 2. The maximum Gasteiger partial charge on any atom is 0.152 e. The van der Waals surface area contributed by atoms with Crippen LogP contribution in [-0.4, -0.2) is 20.4 Å². The van der Waals surface area contributed by atoms with E-state index < -0.39 is 0 Å². The molecule has 6 heteroatoms. The quantitative estimate of drug-likeness (QED) is 0.601. The van der Waals surface area contributed by atoms with Gasteiger partial charge in [0.25, 0.3) is 0 Å². The summed E-state index contributed by atoms with van der Waals surface area (Å²) >= 11 is 18.1. The van der Waals surface area contributed by atoms with Gasteiger partial charge < -0.3 is 14.4 Å². The molecular weight excluding hydrogens is 345 g/mol. The Balaban J connectivity index is 2.30. The van der Waals surface area contributed by atoms with Crippen LogP contribution in [0, 0.1) is 0 Å². The topological polar surface area (TPSA) is 21.7 Å². The molecule has 0 heterocycles. The zero-order chi connectivity index (χ0) is 16.1. The zero-order valence-electron chi connectivity index (χ0n) is 12.3. The van der Waals surface area contributed by atoms with Crippen molar-refractivity contribution in [2.45, 2.75) is 6.92 Å². The Morgan fingerprint density at radius 1 is 0.955 bits per heavy atom. The molecule has 0 spiro atoms. The molecule has 0 fully saturated rings. The highest BCUT2D eigenvalue weighted by atomic mass is 35.5. The molecule has 0 atom stereocenters. The maximum atomic E-state index is 6.15. The highest BCUT2D eigenvalue weighted by Crippen LogP contribution is 2.37. The second-order valence-electron chi connectivity index (χ2n) is 4.61. The fraction of sp³-hybridized carbons (Fsp3) is 0.250. The van der Waals surface area contributed by atoms with E-state index in [0.29, 0.717) is 39.9 Å². The van der Waals surface area contributed by atoms with E-state index in [0.717, 1.165) is 5.69 Å². The number of nitrogens with zero attached hydrogens (tertiary/aromatic N) is 1. The van der Waals surface area contributed by atoms with Crippen molar-refractivity contribution in [2.75, 3.05) is 25.3 Å². The van der Waals surface area contributed by atoms with Crippen molar-refractivity contribution < 1.29 is 9.47 Å². The lowest BCUT2D eigenvalue weighted by molar-refractivity contribution is 0.150. The fourth-order valence-corrected chi connectivity index (χ4v) is 2.47. The van der Waals surface area contributed by atoms with E-state index in [1.807, 2.05) is 24.9 Å². The van der Waals surface area contributed by atoms with Crippen LogP contribution in [0.15, 0.2) is 36.4 Å². The normalized spacial score (nSPS) is 10.6. The summed E-state index contributed by atoms with van der Waals surface area (Å²) in [5.74, 6) is 1.11. The average Bonchev–Trinajstić information content (AvgIpc) is 2.48. The number of hydrogen-bond acceptors (Lipinski definition) is 3. The summed E-state index contributed by atoms with van der Waals surface area (Å²) in [6, 6.07) is 10.5. The Bertz CT molecular complexity index is 649. The highest BCUT2D eigenvalue weighted by Gasteiger charge is 2.12. The van der Waals surface area contributed by atoms with Crippen molar-refractivity contribution in [2.24, 2.45) is 0 Å². The molecule has 0 N–H and O–H groups in total. The number of anilines is 1. The summed E-state index contributed by atoms with van der Waals surface area (Å²) in [5, 5.41) is 1.57. The number of rotatable bonds is 6. The molecule has 2 aromatic rings. The highest BCUT2D eigenvalue weighted by molar-refractivity contribution is 6.35. The van der Waals surface area contributed by atoms with Crippen LogP contribution in [0.5, 0.6) is 11.5 Å². The Morgan fingerprint density at radius 2 is 1.64 bits per heavy atom. The van der Waals surface area contributed by atoms with Crippen LogP contribution in [0.4, 0.5) is 5.69 Å². The minimum Gasteiger partial charge on any atom is -0.454 e. The molecule has 2 aromatic carbocycles. The second kappa shape index (κ2) is 7.93. The van der Waals surface area contributed by atoms with E-state index in [2.05, 4.69) is 0 Å². The molecular formula is C16H16Cl3NO2. The lowest BCUT2D eigenvalue weighted by Crippen LogP contribution is -2.21. The third-order valence-corrected chi connectivity index (χ3v) is 3.70. The third-order valence-electron chi connectivity index (χ3n) is 2.94. The Labute approximate surface area is 145 Å². The lowest BCUT2D eigenvalue weighted by Gasteiger charge is -2.22. The van der Waals surface area contributed by atoms with E-state index in [-0.39, 0.29) is 0 Å².